The topological polar surface area (TPSA) is 24.5 Å². The molecule has 2 rings (SSSR count). The Morgan fingerprint density at radius 3 is 2.69 bits per heavy atom. The fraction of sp³-hybridized carbons (Fsp3) is 1.00. The van der Waals surface area contributed by atoms with Crippen LogP contribution >= 0.6 is 0 Å². The molecule has 94 valence electrons. The van der Waals surface area contributed by atoms with Crippen molar-refractivity contribution in [1.82, 2.24) is 10.2 Å². The van der Waals surface area contributed by atoms with Crippen molar-refractivity contribution in [3.63, 3.8) is 0 Å². The molecule has 0 aromatic carbocycles. The number of rotatable bonds is 2. The van der Waals surface area contributed by atoms with E-state index in [1.807, 2.05) is 0 Å². The van der Waals surface area contributed by atoms with Crippen LogP contribution in [0.3, 0.4) is 0 Å². The van der Waals surface area contributed by atoms with Gasteiger partial charge in [0.05, 0.1) is 6.61 Å². The van der Waals surface area contributed by atoms with Gasteiger partial charge in [-0.25, -0.2) is 0 Å². The molecule has 2 fully saturated rings. The van der Waals surface area contributed by atoms with Crippen LogP contribution in [-0.4, -0.2) is 48.8 Å². The number of nitrogens with zero attached hydrogens (tertiary/aromatic N) is 1. The zero-order valence-corrected chi connectivity index (χ0v) is 11.1. The molecule has 3 heteroatoms. The number of piperazine rings is 1. The molecule has 0 radical (unpaired) electrons. The number of hydrogen-bond donors (Lipinski definition) is 1. The molecule has 0 amide bonds. The lowest BCUT2D eigenvalue weighted by Gasteiger charge is -2.48. The van der Waals surface area contributed by atoms with Crippen LogP contribution < -0.4 is 5.32 Å². The molecule has 2 aliphatic rings. The van der Waals surface area contributed by atoms with E-state index in [9.17, 15) is 0 Å². The van der Waals surface area contributed by atoms with E-state index in [0.717, 1.165) is 26.3 Å². The van der Waals surface area contributed by atoms with E-state index in [1.54, 1.807) is 0 Å². The van der Waals surface area contributed by atoms with E-state index < -0.39 is 0 Å². The molecule has 2 aliphatic heterocycles. The maximum absolute atomic E-state index is 5.54. The number of nitrogens with one attached hydrogen (secondary N) is 1. The molecule has 2 saturated heterocycles. The van der Waals surface area contributed by atoms with Crippen molar-refractivity contribution in [2.75, 3.05) is 26.3 Å². The van der Waals surface area contributed by atoms with E-state index in [0.29, 0.717) is 18.0 Å². The summed E-state index contributed by atoms with van der Waals surface area (Å²) < 4.78 is 5.54. The van der Waals surface area contributed by atoms with Gasteiger partial charge in [-0.15, -0.1) is 0 Å². The first kappa shape index (κ1) is 12.3. The van der Waals surface area contributed by atoms with Crippen LogP contribution in [0.1, 0.15) is 34.1 Å². The highest BCUT2D eigenvalue weighted by atomic mass is 16.5. The fourth-order valence-corrected chi connectivity index (χ4v) is 2.93. The summed E-state index contributed by atoms with van der Waals surface area (Å²) in [6.07, 6.45) is 1.21. The summed E-state index contributed by atoms with van der Waals surface area (Å²) in [5.41, 5.74) is 0.244. The van der Waals surface area contributed by atoms with Crippen LogP contribution in [0, 0.1) is 5.92 Å². The van der Waals surface area contributed by atoms with Gasteiger partial charge in [0.2, 0.25) is 0 Å². The first-order chi connectivity index (χ1) is 7.49. The Kier molecular flexibility index (Phi) is 3.57. The highest BCUT2D eigenvalue weighted by Crippen LogP contribution is 2.25. The third kappa shape index (κ3) is 2.58. The van der Waals surface area contributed by atoms with E-state index in [2.05, 4.69) is 37.9 Å². The summed E-state index contributed by atoms with van der Waals surface area (Å²) >= 11 is 0. The lowest BCUT2D eigenvalue weighted by atomic mass is 9.91. The largest absolute Gasteiger partial charge is 0.380 e. The Morgan fingerprint density at radius 1 is 1.38 bits per heavy atom. The van der Waals surface area contributed by atoms with Gasteiger partial charge >= 0.3 is 0 Å². The van der Waals surface area contributed by atoms with Gasteiger partial charge in [0.25, 0.3) is 0 Å². The molecule has 16 heavy (non-hydrogen) atoms. The smallest absolute Gasteiger partial charge is 0.0622 e. The zero-order valence-electron chi connectivity index (χ0n) is 11.1. The summed E-state index contributed by atoms with van der Waals surface area (Å²) in [6.45, 7) is 13.4. The van der Waals surface area contributed by atoms with Gasteiger partial charge in [-0.2, -0.15) is 0 Å². The molecule has 0 aromatic heterocycles. The van der Waals surface area contributed by atoms with Crippen molar-refractivity contribution >= 4 is 0 Å². The number of ether oxygens (including phenoxy) is 1. The summed E-state index contributed by atoms with van der Waals surface area (Å²) in [4.78, 5) is 2.69. The minimum absolute atomic E-state index is 0.244. The van der Waals surface area contributed by atoms with Gasteiger partial charge in [0.15, 0.2) is 0 Å². The highest BCUT2D eigenvalue weighted by Gasteiger charge is 2.38. The van der Waals surface area contributed by atoms with Crippen molar-refractivity contribution in [2.45, 2.75) is 51.7 Å². The molecule has 0 bridgehead atoms. The second-order valence-corrected chi connectivity index (χ2v) is 6.27. The third-order valence-electron chi connectivity index (χ3n) is 3.94. The zero-order chi connectivity index (χ0) is 11.8. The van der Waals surface area contributed by atoms with Crippen LogP contribution in [0.15, 0.2) is 0 Å². The van der Waals surface area contributed by atoms with Crippen LogP contribution in [-0.2, 0) is 4.74 Å². The van der Waals surface area contributed by atoms with Gasteiger partial charge in [0, 0.05) is 37.3 Å². The van der Waals surface area contributed by atoms with E-state index in [-0.39, 0.29) is 5.54 Å². The Hall–Kier alpha value is -0.120. The lowest BCUT2D eigenvalue weighted by molar-refractivity contribution is 0.0267. The number of hydrogen-bond acceptors (Lipinski definition) is 3. The minimum Gasteiger partial charge on any atom is -0.380 e. The Balaban J connectivity index is 2.07. The molecule has 3 nitrogen and oxygen atoms in total. The van der Waals surface area contributed by atoms with E-state index >= 15 is 0 Å². The van der Waals surface area contributed by atoms with E-state index in [4.69, 9.17) is 4.74 Å². The third-order valence-corrected chi connectivity index (χ3v) is 3.94. The maximum atomic E-state index is 5.54. The highest BCUT2D eigenvalue weighted by molar-refractivity contribution is 4.96. The molecule has 2 unspecified atom stereocenters. The fourth-order valence-electron chi connectivity index (χ4n) is 2.93. The first-order valence-electron chi connectivity index (χ1n) is 6.58. The van der Waals surface area contributed by atoms with Gasteiger partial charge < -0.3 is 10.1 Å². The first-order valence-corrected chi connectivity index (χ1v) is 6.58. The van der Waals surface area contributed by atoms with Crippen molar-refractivity contribution in [3.8, 4) is 0 Å². The Morgan fingerprint density at radius 2 is 2.12 bits per heavy atom. The second-order valence-electron chi connectivity index (χ2n) is 6.27. The summed E-state index contributed by atoms with van der Waals surface area (Å²) in [6, 6.07) is 1.31. The molecule has 2 atom stereocenters. The van der Waals surface area contributed by atoms with Gasteiger partial charge in [-0.05, 0) is 26.2 Å². The summed E-state index contributed by atoms with van der Waals surface area (Å²) in [7, 11) is 0. The SMILES string of the molecule is CC(C)C1CNC(C)(C)CN1C1CCOC1. The predicted molar refractivity (Wildman–Crippen MR) is 66.6 cm³/mol. The van der Waals surface area contributed by atoms with Crippen molar-refractivity contribution < 1.29 is 4.74 Å². The van der Waals surface area contributed by atoms with Crippen molar-refractivity contribution in [3.05, 3.63) is 0 Å². The molecule has 0 aromatic rings. The minimum atomic E-state index is 0.244. The quantitative estimate of drug-likeness (QED) is 0.772. The molecule has 1 N–H and O–H groups in total. The molecular weight excluding hydrogens is 200 g/mol. The molecule has 0 spiro atoms. The molecule has 2 heterocycles. The average Bonchev–Trinajstić information content (AvgIpc) is 2.68. The summed E-state index contributed by atoms with van der Waals surface area (Å²) in [5, 5.41) is 3.66. The average molecular weight is 226 g/mol. The molecular formula is C13H26N2O. The lowest BCUT2D eigenvalue weighted by Crippen LogP contribution is -2.65. The van der Waals surface area contributed by atoms with Crippen molar-refractivity contribution in [1.29, 1.82) is 0 Å². The van der Waals surface area contributed by atoms with Gasteiger partial charge in [-0.1, -0.05) is 13.8 Å². The molecule has 0 saturated carbocycles. The molecule has 0 aliphatic carbocycles. The Labute approximate surface area is 99.5 Å². The van der Waals surface area contributed by atoms with Crippen LogP contribution in [0.5, 0.6) is 0 Å². The van der Waals surface area contributed by atoms with Crippen LogP contribution in [0.2, 0.25) is 0 Å². The van der Waals surface area contributed by atoms with E-state index in [1.165, 1.54) is 6.42 Å². The maximum Gasteiger partial charge on any atom is 0.0622 e. The summed E-state index contributed by atoms with van der Waals surface area (Å²) in [5.74, 6) is 0.712. The standard InChI is InChI=1S/C13H26N2O/c1-10(2)12-7-14-13(3,4)9-15(12)11-5-6-16-8-11/h10-12,14H,5-9H2,1-4H3. The monoisotopic (exact) mass is 226 g/mol. The van der Waals surface area contributed by atoms with Crippen LogP contribution in [0.4, 0.5) is 0 Å². The Bertz CT molecular complexity index is 234. The predicted octanol–water partition coefficient (Wildman–Crippen LogP) is 1.48. The van der Waals surface area contributed by atoms with Gasteiger partial charge in [-0.3, -0.25) is 4.90 Å². The normalized spacial score (nSPS) is 35.8. The van der Waals surface area contributed by atoms with Crippen molar-refractivity contribution in [2.24, 2.45) is 5.92 Å². The second kappa shape index (κ2) is 4.63. The van der Waals surface area contributed by atoms with Gasteiger partial charge in [0.1, 0.15) is 0 Å². The van der Waals surface area contributed by atoms with Crippen LogP contribution in [0.25, 0.3) is 0 Å².